The largest absolute Gasteiger partial charge is 0.380 e. The van der Waals surface area contributed by atoms with Crippen LogP contribution in [0.4, 0.5) is 5.69 Å². The second kappa shape index (κ2) is 9.79. The number of rotatable bonds is 8. The minimum absolute atomic E-state index is 0.442. The van der Waals surface area contributed by atoms with Crippen LogP contribution in [-0.4, -0.2) is 72.1 Å². The number of likely N-dealkylation sites (N-methyl/N-ethyl adjacent to an activating group) is 1. The zero-order chi connectivity index (χ0) is 18.4. The predicted octanol–water partition coefficient (Wildman–Crippen LogP) is 4.06. The maximum absolute atomic E-state index is 6.12. The van der Waals surface area contributed by atoms with Crippen molar-refractivity contribution >= 4 is 40.0 Å². The molecule has 1 aromatic heterocycles. The van der Waals surface area contributed by atoms with Crippen molar-refractivity contribution in [2.45, 2.75) is 19.4 Å². The molecule has 1 N–H and O–H groups in total. The molecule has 2 heterocycles. The summed E-state index contributed by atoms with van der Waals surface area (Å²) < 4.78 is 0. The molecule has 1 atom stereocenters. The van der Waals surface area contributed by atoms with Crippen LogP contribution in [0, 0.1) is 0 Å². The Morgan fingerprint density at radius 1 is 1.19 bits per heavy atom. The molecule has 26 heavy (non-hydrogen) atoms. The van der Waals surface area contributed by atoms with Crippen LogP contribution in [0.3, 0.4) is 0 Å². The SMILES string of the molecule is CCN1CCN(CC(CCSC)Nc2ccnc3cc(Cl)ccc23)CC1. The molecule has 6 heteroatoms. The van der Waals surface area contributed by atoms with Crippen LogP contribution < -0.4 is 5.32 Å². The lowest BCUT2D eigenvalue weighted by atomic mass is 10.1. The number of pyridine rings is 1. The van der Waals surface area contributed by atoms with Gasteiger partial charge in [-0.15, -0.1) is 0 Å². The van der Waals surface area contributed by atoms with E-state index in [9.17, 15) is 0 Å². The van der Waals surface area contributed by atoms with Crippen molar-refractivity contribution in [1.29, 1.82) is 0 Å². The van der Waals surface area contributed by atoms with Crippen molar-refractivity contribution in [3.8, 4) is 0 Å². The monoisotopic (exact) mass is 392 g/mol. The molecule has 0 amide bonds. The molecule has 142 valence electrons. The van der Waals surface area contributed by atoms with E-state index in [0.717, 1.165) is 54.2 Å². The molecule has 3 rings (SSSR count). The third-order valence-corrected chi connectivity index (χ3v) is 6.00. The number of hydrogen-bond donors (Lipinski definition) is 1. The van der Waals surface area contributed by atoms with Crippen LogP contribution in [-0.2, 0) is 0 Å². The van der Waals surface area contributed by atoms with Crippen molar-refractivity contribution in [2.75, 3.05) is 56.6 Å². The summed E-state index contributed by atoms with van der Waals surface area (Å²) in [4.78, 5) is 9.59. The van der Waals surface area contributed by atoms with E-state index in [1.807, 2.05) is 30.1 Å². The van der Waals surface area contributed by atoms with Gasteiger partial charge in [0.2, 0.25) is 0 Å². The number of nitrogens with one attached hydrogen (secondary N) is 1. The van der Waals surface area contributed by atoms with Gasteiger partial charge in [0.15, 0.2) is 0 Å². The van der Waals surface area contributed by atoms with Gasteiger partial charge in [-0.3, -0.25) is 9.88 Å². The number of anilines is 1. The third-order valence-electron chi connectivity index (χ3n) is 5.13. The Morgan fingerprint density at radius 2 is 1.96 bits per heavy atom. The molecule has 4 nitrogen and oxygen atoms in total. The Balaban J connectivity index is 1.70. The van der Waals surface area contributed by atoms with Gasteiger partial charge in [-0.1, -0.05) is 18.5 Å². The molecule has 1 unspecified atom stereocenters. The molecular weight excluding hydrogens is 364 g/mol. The highest BCUT2D eigenvalue weighted by Crippen LogP contribution is 2.25. The molecule has 2 aromatic rings. The minimum Gasteiger partial charge on any atom is -0.380 e. The number of fused-ring (bicyclic) bond motifs is 1. The van der Waals surface area contributed by atoms with E-state index in [4.69, 9.17) is 11.6 Å². The third kappa shape index (κ3) is 5.26. The first-order valence-electron chi connectivity index (χ1n) is 9.44. The van der Waals surface area contributed by atoms with Crippen molar-refractivity contribution in [1.82, 2.24) is 14.8 Å². The summed E-state index contributed by atoms with van der Waals surface area (Å²) in [5.41, 5.74) is 2.10. The Kier molecular flexibility index (Phi) is 7.43. The number of nitrogens with zero attached hydrogens (tertiary/aromatic N) is 3. The van der Waals surface area contributed by atoms with Crippen molar-refractivity contribution < 1.29 is 0 Å². The smallest absolute Gasteiger partial charge is 0.0737 e. The van der Waals surface area contributed by atoms with Crippen LogP contribution in [0.2, 0.25) is 5.02 Å². The molecule has 1 saturated heterocycles. The van der Waals surface area contributed by atoms with E-state index >= 15 is 0 Å². The summed E-state index contributed by atoms with van der Waals surface area (Å²) in [5, 5.41) is 5.67. The molecule has 1 aliphatic rings. The standard InChI is InChI=1S/C20H29ClN4S/c1-3-24-9-11-25(12-10-24)15-17(7-13-26-2)23-19-6-8-22-20-14-16(21)4-5-18(19)20/h4-6,8,14,17H,3,7,9-13,15H2,1-2H3,(H,22,23). The van der Waals surface area contributed by atoms with Gasteiger partial charge in [0.1, 0.15) is 0 Å². The fourth-order valence-electron chi connectivity index (χ4n) is 3.54. The second-order valence-electron chi connectivity index (χ2n) is 6.88. The van der Waals surface area contributed by atoms with Crippen LogP contribution >= 0.6 is 23.4 Å². The highest BCUT2D eigenvalue weighted by atomic mass is 35.5. The number of thioether (sulfide) groups is 1. The van der Waals surface area contributed by atoms with Gasteiger partial charge in [0.05, 0.1) is 5.52 Å². The first kappa shape index (κ1) is 19.7. The summed E-state index contributed by atoms with van der Waals surface area (Å²) in [6.07, 6.45) is 5.21. The second-order valence-corrected chi connectivity index (χ2v) is 8.30. The van der Waals surface area contributed by atoms with E-state index < -0.39 is 0 Å². The highest BCUT2D eigenvalue weighted by Gasteiger charge is 2.19. The molecule has 1 aliphatic heterocycles. The minimum atomic E-state index is 0.442. The Bertz CT molecular complexity index is 703. The van der Waals surface area contributed by atoms with Gasteiger partial charge in [-0.25, -0.2) is 0 Å². The lowest BCUT2D eigenvalue weighted by Gasteiger charge is -2.36. The first-order chi connectivity index (χ1) is 12.7. The van der Waals surface area contributed by atoms with Crippen molar-refractivity contribution in [3.05, 3.63) is 35.5 Å². The van der Waals surface area contributed by atoms with Crippen LogP contribution in [0.25, 0.3) is 10.9 Å². The molecule has 0 bridgehead atoms. The average Bonchev–Trinajstić information content (AvgIpc) is 2.66. The van der Waals surface area contributed by atoms with E-state index in [1.165, 1.54) is 18.8 Å². The molecule has 0 radical (unpaired) electrons. The summed E-state index contributed by atoms with van der Waals surface area (Å²) in [6, 6.07) is 8.47. The van der Waals surface area contributed by atoms with Gasteiger partial charge in [0, 0.05) is 61.1 Å². The van der Waals surface area contributed by atoms with E-state index in [-0.39, 0.29) is 0 Å². The van der Waals surface area contributed by atoms with Gasteiger partial charge in [-0.2, -0.15) is 11.8 Å². The zero-order valence-electron chi connectivity index (χ0n) is 15.7. The summed E-state index contributed by atoms with van der Waals surface area (Å²) in [5.74, 6) is 1.17. The summed E-state index contributed by atoms with van der Waals surface area (Å²) >= 11 is 8.04. The topological polar surface area (TPSA) is 31.4 Å². The Labute approximate surface area is 166 Å². The maximum atomic E-state index is 6.12. The fourth-order valence-corrected chi connectivity index (χ4v) is 4.22. The molecular formula is C20H29ClN4S. The number of aromatic nitrogens is 1. The van der Waals surface area contributed by atoms with Gasteiger partial charge in [-0.05, 0) is 49.2 Å². The van der Waals surface area contributed by atoms with Gasteiger partial charge in [0.25, 0.3) is 0 Å². The van der Waals surface area contributed by atoms with E-state index in [2.05, 4.69) is 45.4 Å². The quantitative estimate of drug-likeness (QED) is 0.732. The van der Waals surface area contributed by atoms with E-state index in [0.29, 0.717) is 6.04 Å². The maximum Gasteiger partial charge on any atom is 0.0737 e. The Hall–Kier alpha value is -1.01. The van der Waals surface area contributed by atoms with E-state index in [1.54, 1.807) is 0 Å². The lowest BCUT2D eigenvalue weighted by Crippen LogP contribution is -2.49. The lowest BCUT2D eigenvalue weighted by molar-refractivity contribution is 0.133. The van der Waals surface area contributed by atoms with Crippen LogP contribution in [0.15, 0.2) is 30.5 Å². The first-order valence-corrected chi connectivity index (χ1v) is 11.2. The zero-order valence-corrected chi connectivity index (χ0v) is 17.3. The van der Waals surface area contributed by atoms with Crippen LogP contribution in [0.1, 0.15) is 13.3 Å². The number of benzene rings is 1. The normalized spacial score (nSPS) is 17.5. The average molecular weight is 393 g/mol. The molecule has 0 aliphatic carbocycles. The van der Waals surface area contributed by atoms with Gasteiger partial charge < -0.3 is 10.2 Å². The molecule has 1 aromatic carbocycles. The number of hydrogen-bond acceptors (Lipinski definition) is 5. The number of halogens is 1. The number of piperazine rings is 1. The Morgan fingerprint density at radius 3 is 2.69 bits per heavy atom. The highest BCUT2D eigenvalue weighted by molar-refractivity contribution is 7.98. The van der Waals surface area contributed by atoms with Crippen molar-refractivity contribution in [2.24, 2.45) is 0 Å². The van der Waals surface area contributed by atoms with Gasteiger partial charge >= 0.3 is 0 Å². The fraction of sp³-hybridized carbons (Fsp3) is 0.550. The van der Waals surface area contributed by atoms with Crippen molar-refractivity contribution in [3.63, 3.8) is 0 Å². The summed E-state index contributed by atoms with van der Waals surface area (Å²) in [7, 11) is 0. The molecule has 0 saturated carbocycles. The molecule has 1 fully saturated rings. The summed E-state index contributed by atoms with van der Waals surface area (Å²) in [6.45, 7) is 9.20. The predicted molar refractivity (Wildman–Crippen MR) is 116 cm³/mol. The molecule has 0 spiro atoms. The van der Waals surface area contributed by atoms with Crippen LogP contribution in [0.5, 0.6) is 0 Å².